The van der Waals surface area contributed by atoms with Crippen LogP contribution in [-0.4, -0.2) is 19.9 Å². The first-order valence-electron chi connectivity index (χ1n) is 15.7. The molecular formula is C36H46GdN4. The Morgan fingerprint density at radius 2 is 0.976 bits per heavy atom. The Bertz CT molecular complexity index is 1680. The van der Waals surface area contributed by atoms with Crippen molar-refractivity contribution in [2.45, 2.75) is 107 Å². The van der Waals surface area contributed by atoms with Crippen molar-refractivity contribution < 1.29 is 39.9 Å². The van der Waals surface area contributed by atoms with Crippen molar-refractivity contribution in [1.29, 1.82) is 0 Å². The van der Waals surface area contributed by atoms with Crippen LogP contribution in [0.4, 0.5) is 0 Å². The van der Waals surface area contributed by atoms with Crippen molar-refractivity contribution in [1.82, 2.24) is 19.9 Å². The summed E-state index contributed by atoms with van der Waals surface area (Å²) in [6, 6.07) is 8.89. The summed E-state index contributed by atoms with van der Waals surface area (Å²) in [5.41, 5.74) is 20.3. The molecule has 5 rings (SSSR count). The Hall–Kier alpha value is -2.08. The number of aromatic nitrogens is 4. The Kier molecular flexibility index (Phi) is 10.5. The number of rotatable bonds is 8. The van der Waals surface area contributed by atoms with Crippen molar-refractivity contribution in [3.8, 4) is 0 Å². The molecule has 5 heterocycles. The summed E-state index contributed by atoms with van der Waals surface area (Å²) in [5.74, 6) is 0. The van der Waals surface area contributed by atoms with Crippen LogP contribution >= 0.6 is 0 Å². The number of nitrogens with one attached hydrogen (secondary N) is 2. The van der Waals surface area contributed by atoms with Gasteiger partial charge in [-0.1, -0.05) is 55.4 Å². The maximum Gasteiger partial charge on any atom is 0.0726 e. The maximum absolute atomic E-state index is 5.57. The van der Waals surface area contributed by atoms with Gasteiger partial charge in [-0.15, -0.1) is 0 Å². The number of hydrogen-bond acceptors (Lipinski definition) is 2. The minimum absolute atomic E-state index is 0. The second-order valence-corrected chi connectivity index (χ2v) is 10.9. The number of hydrogen-bond donors (Lipinski definition) is 2. The zero-order valence-corrected chi connectivity index (χ0v) is 28.5. The quantitative estimate of drug-likeness (QED) is 0.247. The van der Waals surface area contributed by atoms with Crippen LogP contribution in [-0.2, 0) is 25.7 Å². The molecule has 0 saturated carbocycles. The van der Waals surface area contributed by atoms with Crippen LogP contribution in [0.3, 0.4) is 0 Å². The van der Waals surface area contributed by atoms with E-state index < -0.39 is 0 Å². The predicted octanol–water partition coefficient (Wildman–Crippen LogP) is 10.0. The van der Waals surface area contributed by atoms with Crippen molar-refractivity contribution >= 4 is 44.4 Å². The molecule has 0 fully saturated rings. The monoisotopic (exact) mass is 692 g/mol. The third kappa shape index (κ3) is 5.43. The number of aromatic amines is 2. The maximum atomic E-state index is 5.57. The van der Waals surface area contributed by atoms with Crippen molar-refractivity contribution in [3.05, 3.63) is 69.3 Å². The smallest absolute Gasteiger partial charge is 0.0726 e. The summed E-state index contributed by atoms with van der Waals surface area (Å²) in [6.07, 6.45) is 7.74. The van der Waals surface area contributed by atoms with E-state index in [2.05, 4.69) is 89.6 Å². The fourth-order valence-corrected chi connectivity index (χ4v) is 7.07. The molecule has 2 N–H and O–H groups in total. The van der Waals surface area contributed by atoms with Crippen LogP contribution in [0.2, 0.25) is 0 Å². The molecule has 0 radical (unpaired) electrons. The van der Waals surface area contributed by atoms with Crippen molar-refractivity contribution in [2.75, 3.05) is 0 Å². The van der Waals surface area contributed by atoms with Crippen molar-refractivity contribution in [2.24, 2.45) is 0 Å². The summed E-state index contributed by atoms with van der Waals surface area (Å²) >= 11 is 0. The number of H-pyrrole nitrogens is 2. The van der Waals surface area contributed by atoms with Gasteiger partial charge in [-0.05, 0) is 109 Å². The zero-order chi connectivity index (χ0) is 28.6. The van der Waals surface area contributed by atoms with E-state index in [-0.39, 0.29) is 39.9 Å². The largest absolute Gasteiger partial charge is 0.355 e. The van der Waals surface area contributed by atoms with Crippen LogP contribution < -0.4 is 0 Å². The number of allylic oxidation sites excluding steroid dienone is 4. The van der Waals surface area contributed by atoms with E-state index in [0.717, 1.165) is 73.8 Å². The van der Waals surface area contributed by atoms with Gasteiger partial charge in [0.15, 0.2) is 0 Å². The number of nitrogens with zero attached hydrogens (tertiary/aromatic N) is 2. The van der Waals surface area contributed by atoms with Crippen LogP contribution in [0, 0.1) is 39.9 Å². The number of aryl methyl sites for hydroxylation is 3. The molecule has 41 heavy (non-hydrogen) atoms. The second-order valence-electron chi connectivity index (χ2n) is 10.9. The SMILES string of the molecule is CCC1=C(CC)c2nc1cc1ccc(cc3[nH]c(c(CC)c4nc(c2CC)C(CC)=C4CC)c(CC)c3CC)[nH]1.[Gd]. The number of fused-ring (bicyclic) bond motifs is 8. The molecule has 0 aliphatic carbocycles. The summed E-state index contributed by atoms with van der Waals surface area (Å²) < 4.78 is 0. The molecule has 3 aromatic rings. The van der Waals surface area contributed by atoms with E-state index >= 15 is 0 Å². The summed E-state index contributed by atoms with van der Waals surface area (Å²) in [4.78, 5) is 18.5. The van der Waals surface area contributed by atoms with Gasteiger partial charge in [0.25, 0.3) is 0 Å². The van der Waals surface area contributed by atoms with Crippen LogP contribution in [0.1, 0.15) is 126 Å². The third-order valence-corrected chi connectivity index (χ3v) is 8.91. The molecule has 0 spiro atoms. The summed E-state index contributed by atoms with van der Waals surface area (Å²) in [6.45, 7) is 18.2. The Morgan fingerprint density at radius 1 is 0.488 bits per heavy atom. The first-order chi connectivity index (χ1) is 19.5. The minimum atomic E-state index is 0. The van der Waals surface area contributed by atoms with Gasteiger partial charge in [0, 0.05) is 73.1 Å². The standard InChI is InChI=1S/C36H46N4.Gd/c1-9-23-25(11-3)33-29(15-7)35-27(13-5)28(14-6)36(40-35)30(16-8)34-26(12-4)24(10-2)32(39-34)20-22-18-17-21(37-22)19-31(23)38-33;/h17-20,37-38H,9-16H2,1-8H3;. The van der Waals surface area contributed by atoms with Gasteiger partial charge in [-0.25, -0.2) is 9.97 Å². The van der Waals surface area contributed by atoms with Crippen molar-refractivity contribution in [3.63, 3.8) is 0 Å². The molecule has 3 aromatic heterocycles. The van der Waals surface area contributed by atoms with E-state index in [1.807, 2.05) is 0 Å². The summed E-state index contributed by atoms with van der Waals surface area (Å²) in [5, 5.41) is 0. The zero-order valence-electron chi connectivity index (χ0n) is 26.2. The van der Waals surface area contributed by atoms with Gasteiger partial charge in [0.2, 0.25) is 0 Å². The molecule has 5 heteroatoms. The third-order valence-electron chi connectivity index (χ3n) is 8.91. The molecule has 0 atom stereocenters. The van der Waals surface area contributed by atoms with Crippen LogP contribution in [0.15, 0.2) is 24.3 Å². The van der Waals surface area contributed by atoms with E-state index in [1.165, 1.54) is 67.0 Å². The fourth-order valence-electron chi connectivity index (χ4n) is 7.07. The first kappa shape index (κ1) is 31.9. The van der Waals surface area contributed by atoms with Gasteiger partial charge in [-0.2, -0.15) is 0 Å². The summed E-state index contributed by atoms with van der Waals surface area (Å²) in [7, 11) is 0. The van der Waals surface area contributed by atoms with E-state index in [9.17, 15) is 0 Å². The van der Waals surface area contributed by atoms with Crippen LogP contribution in [0.5, 0.6) is 0 Å². The predicted molar refractivity (Wildman–Crippen MR) is 173 cm³/mol. The molecule has 0 unspecified atom stereocenters. The van der Waals surface area contributed by atoms with Gasteiger partial charge in [0.1, 0.15) is 0 Å². The van der Waals surface area contributed by atoms with Gasteiger partial charge in [0.05, 0.1) is 22.8 Å². The van der Waals surface area contributed by atoms with Gasteiger partial charge in [-0.3, -0.25) is 0 Å². The Labute approximate surface area is 278 Å². The average Bonchev–Trinajstić information content (AvgIpc) is 3.73. The fraction of sp³-hybridized carbons (Fsp3) is 0.444. The molecule has 2 aliphatic heterocycles. The second kappa shape index (κ2) is 13.5. The minimum Gasteiger partial charge on any atom is -0.355 e. The molecule has 8 bridgehead atoms. The molecule has 0 saturated heterocycles. The van der Waals surface area contributed by atoms with E-state index in [0.29, 0.717) is 0 Å². The Balaban J connectivity index is 0.00000387. The molecular weight excluding hydrogens is 646 g/mol. The Morgan fingerprint density at radius 3 is 1.51 bits per heavy atom. The van der Waals surface area contributed by atoms with Gasteiger partial charge >= 0.3 is 0 Å². The molecule has 0 aromatic carbocycles. The topological polar surface area (TPSA) is 57.4 Å². The van der Waals surface area contributed by atoms with Crippen LogP contribution in [0.25, 0.3) is 44.4 Å². The van der Waals surface area contributed by atoms with E-state index in [4.69, 9.17) is 9.97 Å². The average molecular weight is 692 g/mol. The van der Waals surface area contributed by atoms with E-state index in [1.54, 1.807) is 0 Å². The normalized spacial score (nSPS) is 13.3. The van der Waals surface area contributed by atoms with Gasteiger partial charge < -0.3 is 9.97 Å². The molecule has 4 nitrogen and oxygen atoms in total. The molecule has 0 amide bonds. The first-order valence-corrected chi connectivity index (χ1v) is 15.7. The molecule has 2 aliphatic rings. The molecule has 218 valence electrons.